The Labute approximate surface area is 310 Å². The molecular weight excluding hydrogens is 728 g/mol. The van der Waals surface area contributed by atoms with Crippen molar-refractivity contribution in [2.45, 2.75) is 30.1 Å². The van der Waals surface area contributed by atoms with E-state index in [0.717, 1.165) is 24.5 Å². The number of hydrogen-bond acceptors (Lipinski definition) is 11. The van der Waals surface area contributed by atoms with Crippen molar-refractivity contribution < 1.29 is 17.2 Å². The summed E-state index contributed by atoms with van der Waals surface area (Å²) < 4.78 is 51.3. The number of benzene rings is 3. The molecule has 5 aromatic rings. The van der Waals surface area contributed by atoms with Gasteiger partial charge < -0.3 is 20.4 Å². The van der Waals surface area contributed by atoms with Crippen molar-refractivity contribution in [3.8, 4) is 6.07 Å². The first-order valence-corrected chi connectivity index (χ1v) is 19.1. The Bertz CT molecular complexity index is 2210. The third-order valence-electron chi connectivity index (χ3n) is 8.44. The molecule has 0 aliphatic carbocycles. The fourth-order valence-electron chi connectivity index (χ4n) is 6.06. The van der Waals surface area contributed by atoms with Gasteiger partial charge in [-0.15, -0.1) is 0 Å². The van der Waals surface area contributed by atoms with Crippen molar-refractivity contribution in [3.63, 3.8) is 0 Å². The van der Waals surface area contributed by atoms with Gasteiger partial charge in [0.05, 0.1) is 44.2 Å². The van der Waals surface area contributed by atoms with Gasteiger partial charge in [-0.3, -0.25) is 8.42 Å². The lowest BCUT2D eigenvalue weighted by Crippen LogP contribution is -2.47. The maximum Gasteiger partial charge on any atom is 0.227 e. The van der Waals surface area contributed by atoms with Crippen LogP contribution in [0.25, 0.3) is 0 Å². The largest absolute Gasteiger partial charge is 0.367 e. The smallest absolute Gasteiger partial charge is 0.227 e. The summed E-state index contributed by atoms with van der Waals surface area (Å²) in [6.07, 6.45) is 1.24. The van der Waals surface area contributed by atoms with Crippen LogP contribution in [-0.4, -0.2) is 66.0 Å². The van der Waals surface area contributed by atoms with Crippen molar-refractivity contribution in [1.82, 2.24) is 19.9 Å². The topological polar surface area (TPSA) is 140 Å². The normalized spacial score (nSPS) is 17.2. The summed E-state index contributed by atoms with van der Waals surface area (Å²) in [5.41, 5.74) is 4.16. The van der Waals surface area contributed by atoms with Crippen LogP contribution in [0.4, 0.5) is 43.4 Å². The van der Waals surface area contributed by atoms with E-state index in [0.29, 0.717) is 87.4 Å². The van der Waals surface area contributed by atoms with Crippen LogP contribution in [-0.2, 0) is 34.4 Å². The Morgan fingerprint density at radius 2 is 1.25 bits per heavy atom. The van der Waals surface area contributed by atoms with Crippen LogP contribution in [0.15, 0.2) is 82.6 Å². The molecule has 3 aliphatic rings. The summed E-state index contributed by atoms with van der Waals surface area (Å²) in [4.78, 5) is 23.0. The van der Waals surface area contributed by atoms with Gasteiger partial charge in [0.15, 0.2) is 11.6 Å². The van der Waals surface area contributed by atoms with Crippen molar-refractivity contribution in [1.29, 1.82) is 5.26 Å². The lowest BCUT2D eigenvalue weighted by atomic mass is 10.1. The minimum absolute atomic E-state index is 0. The number of halogens is 3. The molecule has 2 aromatic heterocycles. The number of anilines is 6. The van der Waals surface area contributed by atoms with Gasteiger partial charge in [0.1, 0.15) is 27.5 Å². The fourth-order valence-corrected chi connectivity index (χ4v) is 8.86. The highest BCUT2D eigenvalue weighted by Crippen LogP contribution is 2.33. The van der Waals surface area contributed by atoms with Crippen LogP contribution >= 0.6 is 11.6 Å². The van der Waals surface area contributed by atoms with E-state index >= 15 is 0 Å². The Kier molecular flexibility index (Phi) is 11.4. The van der Waals surface area contributed by atoms with Gasteiger partial charge in [-0.2, -0.15) is 15.2 Å². The number of hydrogen-bond donors (Lipinski definition) is 2. The van der Waals surface area contributed by atoms with E-state index in [9.17, 15) is 22.5 Å². The quantitative estimate of drug-likeness (QED) is 0.183. The van der Waals surface area contributed by atoms with E-state index < -0.39 is 21.6 Å². The molecule has 1 saturated heterocycles. The van der Waals surface area contributed by atoms with Gasteiger partial charge in [-0.25, -0.2) is 18.7 Å². The summed E-state index contributed by atoms with van der Waals surface area (Å²) in [7, 11) is -2.31. The Balaban J connectivity index is 0.000000198. The van der Waals surface area contributed by atoms with Crippen molar-refractivity contribution >= 4 is 67.8 Å². The zero-order valence-corrected chi connectivity index (χ0v) is 29.4. The predicted octanol–water partition coefficient (Wildman–Crippen LogP) is 6.53. The van der Waals surface area contributed by atoms with E-state index in [1.165, 1.54) is 24.3 Å². The molecule has 268 valence electrons. The van der Waals surface area contributed by atoms with E-state index in [4.69, 9.17) is 21.6 Å². The molecule has 11 nitrogen and oxygen atoms in total. The first kappa shape index (κ1) is 36.7. The molecule has 0 spiro atoms. The average Bonchev–Trinajstić information content (AvgIpc) is 3.70. The summed E-state index contributed by atoms with van der Waals surface area (Å²) >= 11 is 5.84. The number of piperazine rings is 1. The van der Waals surface area contributed by atoms with Crippen LogP contribution in [0.2, 0.25) is 5.28 Å². The predicted molar refractivity (Wildman–Crippen MR) is 201 cm³/mol. The molecule has 2 unspecified atom stereocenters. The van der Waals surface area contributed by atoms with Gasteiger partial charge in [-0.1, -0.05) is 31.7 Å². The Morgan fingerprint density at radius 3 is 1.83 bits per heavy atom. The van der Waals surface area contributed by atoms with Gasteiger partial charge in [0.25, 0.3) is 0 Å². The number of nitriles is 1. The number of fused-ring (bicyclic) bond motifs is 2. The highest BCUT2D eigenvalue weighted by atomic mass is 35.5. The van der Waals surface area contributed by atoms with Gasteiger partial charge >= 0.3 is 0 Å². The average molecular weight is 762 g/mol. The van der Waals surface area contributed by atoms with E-state index in [1.54, 1.807) is 24.3 Å². The van der Waals surface area contributed by atoms with Crippen molar-refractivity contribution in [3.05, 3.63) is 107 Å². The number of nitrogens with zero attached hydrogens (tertiary/aromatic N) is 7. The molecule has 5 heterocycles. The van der Waals surface area contributed by atoms with Crippen LogP contribution in [0.5, 0.6) is 0 Å². The molecule has 3 aromatic carbocycles. The molecule has 0 saturated carbocycles. The standard InChI is InChI=1S/C23H21FN6OS.C12H9ClFN3OS.CH4/c24-17-5-3-6-18(14-17)26-22-21-19(8-13-32(21)31)27-23(28-22)30-11-9-29(10-12-30)20-7-2-1-4-16(20)15-25;13-12-16-9-4-5-19(18)10(9)11(17-12)15-8-3-1-2-7(14)6-8;/h1-7,14H,8-13H2,(H,26,27,28);1-3,6H,4-5H2,(H,15,16,17);1H4. The first-order chi connectivity index (χ1) is 24.7. The second kappa shape index (κ2) is 16.1. The van der Waals surface area contributed by atoms with Gasteiger partial charge in [-0.05, 0) is 60.1 Å². The first-order valence-electron chi connectivity index (χ1n) is 16.0. The number of aryl methyl sites for hydroxylation is 2. The van der Waals surface area contributed by atoms with Crippen LogP contribution < -0.4 is 20.4 Å². The van der Waals surface area contributed by atoms with Crippen LogP contribution in [0.1, 0.15) is 24.4 Å². The van der Waals surface area contributed by atoms with E-state index in [2.05, 4.69) is 36.5 Å². The molecule has 2 N–H and O–H groups in total. The number of aromatic nitrogens is 4. The van der Waals surface area contributed by atoms with Crippen LogP contribution in [0.3, 0.4) is 0 Å². The number of rotatable bonds is 6. The molecule has 0 bridgehead atoms. The van der Waals surface area contributed by atoms with E-state index in [1.807, 2.05) is 24.3 Å². The molecule has 1 fully saturated rings. The molecule has 2 atom stereocenters. The highest BCUT2D eigenvalue weighted by Gasteiger charge is 2.29. The van der Waals surface area contributed by atoms with Crippen LogP contribution in [0, 0.1) is 23.0 Å². The lowest BCUT2D eigenvalue weighted by Gasteiger charge is -2.36. The summed E-state index contributed by atoms with van der Waals surface area (Å²) in [5.74, 6) is 1.76. The zero-order chi connectivity index (χ0) is 35.5. The molecule has 8 rings (SSSR count). The zero-order valence-electron chi connectivity index (χ0n) is 27.0. The SMILES string of the molecule is C.N#Cc1ccccc1N1CCN(c2nc3c(c(Nc4cccc(F)c4)n2)S(=O)CC3)CC1.O=S1CCc2nc(Cl)nc(Nc3cccc(F)c3)c21. The molecule has 16 heteroatoms. The maximum absolute atomic E-state index is 13.7. The second-order valence-electron chi connectivity index (χ2n) is 11.7. The van der Waals surface area contributed by atoms with Gasteiger partial charge in [0.2, 0.25) is 11.2 Å². The Hall–Kier alpha value is -5.04. The minimum atomic E-state index is -1.17. The second-order valence-corrected chi connectivity index (χ2v) is 15.1. The lowest BCUT2D eigenvalue weighted by molar-refractivity contribution is 0.628. The van der Waals surface area contributed by atoms with E-state index in [-0.39, 0.29) is 24.3 Å². The van der Waals surface area contributed by atoms with Crippen molar-refractivity contribution in [2.24, 2.45) is 0 Å². The summed E-state index contributed by atoms with van der Waals surface area (Å²) in [6, 6.07) is 22.0. The highest BCUT2D eigenvalue weighted by molar-refractivity contribution is 7.85. The van der Waals surface area contributed by atoms with Crippen molar-refractivity contribution in [2.75, 3.05) is 58.1 Å². The third-order valence-corrected chi connectivity index (χ3v) is 11.5. The maximum atomic E-state index is 13.7. The number of nitrogens with one attached hydrogen (secondary N) is 2. The molecular formula is C36H34ClF2N9O2S2. The molecule has 0 radical (unpaired) electrons. The summed E-state index contributed by atoms with van der Waals surface area (Å²) in [6.45, 7) is 2.86. The Morgan fingerprint density at radius 1 is 0.712 bits per heavy atom. The van der Waals surface area contributed by atoms with Gasteiger partial charge in [0, 0.05) is 61.9 Å². The molecule has 3 aliphatic heterocycles. The third kappa shape index (κ3) is 8.04. The number of para-hydroxylation sites is 1. The molecule has 52 heavy (non-hydrogen) atoms. The minimum Gasteiger partial charge on any atom is -0.367 e. The molecule has 0 amide bonds. The monoisotopic (exact) mass is 761 g/mol. The fraction of sp³-hybridized carbons (Fsp3) is 0.250. The summed E-state index contributed by atoms with van der Waals surface area (Å²) in [5, 5.41) is 15.6.